The van der Waals surface area contributed by atoms with E-state index in [2.05, 4.69) is 46.1 Å². The van der Waals surface area contributed by atoms with Crippen LogP contribution < -0.4 is 10.4 Å². The fraction of sp³-hybridized carbons (Fsp3) is 0.421. The monoisotopic (exact) mass is 483 g/mol. The van der Waals surface area contributed by atoms with Gasteiger partial charge in [-0.25, -0.2) is 14.5 Å². The molecule has 168 valence electrons. The number of fused-ring (bicyclic) bond motifs is 1. The zero-order valence-electron chi connectivity index (χ0n) is 17.4. The van der Waals surface area contributed by atoms with Gasteiger partial charge in [0.1, 0.15) is 4.70 Å². The summed E-state index contributed by atoms with van der Waals surface area (Å²) in [6.45, 7) is 6.12. The summed E-state index contributed by atoms with van der Waals surface area (Å²) in [5, 5.41) is 15.8. The third-order valence-electron chi connectivity index (χ3n) is 4.34. The molecule has 0 aliphatic rings. The topological polar surface area (TPSA) is 140 Å². The average molecular weight is 484 g/mol. The van der Waals surface area contributed by atoms with E-state index in [1.807, 2.05) is 30.3 Å². The second-order valence-corrected chi connectivity index (χ2v) is 11.1. The highest BCUT2D eigenvalue weighted by atomic mass is 32.2. The molecule has 0 aliphatic carbocycles. The van der Waals surface area contributed by atoms with Gasteiger partial charge >= 0.3 is 7.75 Å². The van der Waals surface area contributed by atoms with Gasteiger partial charge in [-0.1, -0.05) is 67.3 Å². The van der Waals surface area contributed by atoms with Gasteiger partial charge in [-0.3, -0.25) is 5.09 Å². The highest BCUT2D eigenvalue weighted by molar-refractivity contribution is 7.99. The van der Waals surface area contributed by atoms with Crippen LogP contribution in [0.25, 0.3) is 10.3 Å². The molecule has 1 unspecified atom stereocenters. The number of anilines is 2. The summed E-state index contributed by atoms with van der Waals surface area (Å²) in [5.74, 6) is 0.853. The van der Waals surface area contributed by atoms with Gasteiger partial charge in [-0.15, -0.1) is 0 Å². The number of rotatable bonds is 10. The second kappa shape index (κ2) is 10.2. The van der Waals surface area contributed by atoms with E-state index in [9.17, 15) is 19.5 Å². The number of hydrogen-bond donors (Lipinski definition) is 5. The standard InChI is InChI=1S/C19H26N5O4PS2/c1-11(2)9-14(10-25)20-16-15-17(23-19(31-15)24-29(26,27)28)22-18(21-16)30-12(3)13-7-5-4-6-8-13/h4-8,11-12,14,25H,9-10H2,1-3H3,(H4,20,21,22,23,24,26,27,28)/t12-,14?/m0/s1. The fourth-order valence-electron chi connectivity index (χ4n) is 3.02. The van der Waals surface area contributed by atoms with Gasteiger partial charge in [0.25, 0.3) is 0 Å². The third kappa shape index (κ3) is 6.86. The summed E-state index contributed by atoms with van der Waals surface area (Å²) in [6, 6.07) is 9.75. The van der Waals surface area contributed by atoms with Crippen LogP contribution in [0.3, 0.4) is 0 Å². The van der Waals surface area contributed by atoms with Crippen molar-refractivity contribution in [3.8, 4) is 0 Å². The normalized spacial score (nSPS) is 14.0. The molecule has 3 rings (SSSR count). The SMILES string of the molecule is CC(C)CC(CO)Nc1nc(S[C@@H](C)c2ccccc2)nc2nc(NP(=O)(O)O)sc12. The van der Waals surface area contributed by atoms with Crippen molar-refractivity contribution in [3.05, 3.63) is 35.9 Å². The Kier molecular flexibility index (Phi) is 7.90. The summed E-state index contributed by atoms with van der Waals surface area (Å²) in [7, 11) is -4.50. The molecule has 0 saturated carbocycles. The Bertz CT molecular complexity index is 1060. The predicted molar refractivity (Wildman–Crippen MR) is 126 cm³/mol. The molecule has 0 radical (unpaired) electrons. The Morgan fingerprint density at radius 3 is 2.45 bits per heavy atom. The lowest BCUT2D eigenvalue weighted by atomic mass is 10.0. The van der Waals surface area contributed by atoms with Gasteiger partial charge in [-0.2, -0.15) is 4.98 Å². The van der Waals surface area contributed by atoms with Crippen LogP contribution in [-0.2, 0) is 4.57 Å². The molecular weight excluding hydrogens is 457 g/mol. The molecule has 5 N–H and O–H groups in total. The summed E-state index contributed by atoms with van der Waals surface area (Å²) < 4.78 is 11.9. The lowest BCUT2D eigenvalue weighted by Crippen LogP contribution is -2.26. The molecule has 0 fully saturated rings. The van der Waals surface area contributed by atoms with E-state index in [-0.39, 0.29) is 23.0 Å². The van der Waals surface area contributed by atoms with Gasteiger partial charge in [0.15, 0.2) is 21.8 Å². The number of nitrogens with zero attached hydrogens (tertiary/aromatic N) is 3. The number of hydrogen-bond acceptors (Lipinski definition) is 8. The zero-order valence-corrected chi connectivity index (χ0v) is 19.9. The number of aliphatic hydroxyl groups is 1. The molecule has 3 aromatic rings. The van der Waals surface area contributed by atoms with Gasteiger partial charge in [0.2, 0.25) is 0 Å². The first-order valence-electron chi connectivity index (χ1n) is 9.76. The van der Waals surface area contributed by atoms with Gasteiger partial charge in [-0.05, 0) is 24.8 Å². The average Bonchev–Trinajstić information content (AvgIpc) is 3.08. The number of aromatic nitrogens is 3. The molecule has 2 heterocycles. The Balaban J connectivity index is 1.97. The lowest BCUT2D eigenvalue weighted by molar-refractivity contribution is 0.259. The summed E-state index contributed by atoms with van der Waals surface area (Å²) in [6.07, 6.45) is 0.733. The first-order valence-corrected chi connectivity index (χ1v) is 13.1. The van der Waals surface area contributed by atoms with Crippen LogP contribution in [0.1, 0.15) is 38.0 Å². The minimum absolute atomic E-state index is 0.0587. The minimum atomic E-state index is -4.50. The molecule has 0 spiro atoms. The van der Waals surface area contributed by atoms with E-state index < -0.39 is 7.75 Å². The van der Waals surface area contributed by atoms with Gasteiger partial charge in [0.05, 0.1) is 12.6 Å². The van der Waals surface area contributed by atoms with Crippen molar-refractivity contribution in [2.75, 3.05) is 17.0 Å². The smallest absolute Gasteiger partial charge is 0.394 e. The van der Waals surface area contributed by atoms with Crippen LogP contribution >= 0.6 is 30.8 Å². The Hall–Kier alpha value is -1.75. The third-order valence-corrected chi connectivity index (χ3v) is 6.98. The fourth-order valence-corrected chi connectivity index (χ4v) is 5.46. The van der Waals surface area contributed by atoms with Crippen molar-refractivity contribution in [2.24, 2.45) is 5.92 Å². The number of nitrogens with one attached hydrogen (secondary N) is 2. The molecule has 0 saturated heterocycles. The van der Waals surface area contributed by atoms with E-state index in [4.69, 9.17) is 0 Å². The summed E-state index contributed by atoms with van der Waals surface area (Å²) in [4.78, 5) is 31.8. The zero-order chi connectivity index (χ0) is 22.6. The number of thiazole rings is 1. The molecule has 0 amide bonds. The van der Waals surface area contributed by atoms with E-state index in [0.29, 0.717) is 27.2 Å². The maximum atomic E-state index is 11.3. The molecule has 0 bridgehead atoms. The molecular formula is C19H26N5O4PS2. The summed E-state index contributed by atoms with van der Waals surface area (Å²) >= 11 is 2.52. The van der Waals surface area contributed by atoms with E-state index >= 15 is 0 Å². The molecule has 2 aromatic heterocycles. The van der Waals surface area contributed by atoms with Crippen LogP contribution in [0.5, 0.6) is 0 Å². The van der Waals surface area contributed by atoms with Gasteiger partial charge < -0.3 is 20.2 Å². The molecule has 0 aliphatic heterocycles. The highest BCUT2D eigenvalue weighted by Gasteiger charge is 2.21. The molecule has 9 nitrogen and oxygen atoms in total. The molecule has 2 atom stereocenters. The van der Waals surface area contributed by atoms with Crippen LogP contribution in [0, 0.1) is 5.92 Å². The van der Waals surface area contributed by atoms with Crippen molar-refractivity contribution in [1.29, 1.82) is 0 Å². The van der Waals surface area contributed by atoms with E-state index in [1.165, 1.54) is 11.8 Å². The van der Waals surface area contributed by atoms with Crippen molar-refractivity contribution in [2.45, 2.75) is 43.6 Å². The Morgan fingerprint density at radius 2 is 1.84 bits per heavy atom. The number of aliphatic hydroxyl groups excluding tert-OH is 1. The van der Waals surface area contributed by atoms with Crippen LogP contribution in [0.2, 0.25) is 0 Å². The predicted octanol–water partition coefficient (Wildman–Crippen LogP) is 4.26. The molecule has 12 heteroatoms. The lowest BCUT2D eigenvalue weighted by Gasteiger charge is -2.19. The van der Waals surface area contributed by atoms with Crippen molar-refractivity contribution in [3.63, 3.8) is 0 Å². The molecule has 31 heavy (non-hydrogen) atoms. The minimum Gasteiger partial charge on any atom is -0.394 e. The first kappa shape index (κ1) is 23.9. The largest absolute Gasteiger partial charge is 0.429 e. The van der Waals surface area contributed by atoms with E-state index in [0.717, 1.165) is 23.3 Å². The maximum Gasteiger partial charge on any atom is 0.429 e. The van der Waals surface area contributed by atoms with Crippen molar-refractivity contribution >= 4 is 52.1 Å². The maximum absolute atomic E-state index is 11.3. The second-order valence-electron chi connectivity index (χ2n) is 7.51. The van der Waals surface area contributed by atoms with Crippen molar-refractivity contribution in [1.82, 2.24) is 15.0 Å². The van der Waals surface area contributed by atoms with Crippen LogP contribution in [-0.4, -0.2) is 42.5 Å². The Morgan fingerprint density at radius 1 is 1.13 bits per heavy atom. The summed E-state index contributed by atoms with van der Waals surface area (Å²) in [5.41, 5.74) is 1.46. The van der Waals surface area contributed by atoms with E-state index in [1.54, 1.807) is 0 Å². The Labute approximate surface area is 189 Å². The number of thioether (sulfide) groups is 1. The highest BCUT2D eigenvalue weighted by Crippen LogP contribution is 2.41. The van der Waals surface area contributed by atoms with Crippen molar-refractivity contribution < 1.29 is 19.5 Å². The number of benzene rings is 1. The molecule has 1 aromatic carbocycles. The quantitative estimate of drug-likeness (QED) is 0.161. The first-order chi connectivity index (χ1) is 14.6. The van der Waals surface area contributed by atoms with Gasteiger partial charge in [0, 0.05) is 5.25 Å². The van der Waals surface area contributed by atoms with Crippen LogP contribution in [0.15, 0.2) is 35.5 Å². The van der Waals surface area contributed by atoms with Crippen LogP contribution in [0.4, 0.5) is 10.9 Å².